The summed E-state index contributed by atoms with van der Waals surface area (Å²) in [5, 5.41) is 9.07. The van der Waals surface area contributed by atoms with E-state index in [1.54, 1.807) is 12.3 Å². The second-order valence-electron chi connectivity index (χ2n) is 3.03. The molecule has 0 aliphatic heterocycles. The van der Waals surface area contributed by atoms with Crippen molar-refractivity contribution in [3.8, 4) is 17.2 Å². The minimum atomic E-state index is 0.261. The van der Waals surface area contributed by atoms with Crippen LogP contribution in [0.2, 0.25) is 5.02 Å². The Morgan fingerprint density at radius 2 is 1.87 bits per heavy atom. The Morgan fingerprint density at radius 1 is 1.13 bits per heavy atom. The monoisotopic (exact) mass is 214 g/mol. The van der Waals surface area contributed by atoms with Crippen LogP contribution in [0.5, 0.6) is 0 Å². The van der Waals surface area contributed by atoms with Crippen molar-refractivity contribution in [1.29, 1.82) is 5.26 Å². The van der Waals surface area contributed by atoms with Gasteiger partial charge in [0.1, 0.15) is 6.07 Å². The second kappa shape index (κ2) is 4.12. The van der Waals surface area contributed by atoms with Crippen molar-refractivity contribution in [3.05, 3.63) is 53.3 Å². The fourth-order valence-electron chi connectivity index (χ4n) is 1.31. The van der Waals surface area contributed by atoms with Crippen molar-refractivity contribution in [2.75, 3.05) is 0 Å². The highest BCUT2D eigenvalue weighted by Gasteiger charge is 2.03. The van der Waals surface area contributed by atoms with Gasteiger partial charge in [-0.05, 0) is 11.6 Å². The quantitative estimate of drug-likeness (QED) is 0.731. The largest absolute Gasteiger partial charge is 0.243 e. The van der Waals surface area contributed by atoms with Crippen LogP contribution >= 0.6 is 11.6 Å². The van der Waals surface area contributed by atoms with E-state index in [0.29, 0.717) is 5.02 Å². The van der Waals surface area contributed by atoms with Gasteiger partial charge in [-0.3, -0.25) is 0 Å². The SMILES string of the molecule is N#Cc1ncc(-c2ccccc2)cc1Cl. The fourth-order valence-corrected chi connectivity index (χ4v) is 1.52. The fraction of sp³-hybridized carbons (Fsp3) is 0. The minimum Gasteiger partial charge on any atom is -0.243 e. The van der Waals surface area contributed by atoms with E-state index < -0.39 is 0 Å². The summed E-state index contributed by atoms with van der Waals surface area (Å²) in [5.41, 5.74) is 2.22. The number of nitrogens with zero attached hydrogens (tertiary/aromatic N) is 2. The Morgan fingerprint density at radius 3 is 2.47 bits per heavy atom. The van der Waals surface area contributed by atoms with Crippen LogP contribution in [0.4, 0.5) is 0 Å². The predicted molar refractivity (Wildman–Crippen MR) is 59.4 cm³/mol. The number of rotatable bonds is 1. The lowest BCUT2D eigenvalue weighted by molar-refractivity contribution is 1.26. The van der Waals surface area contributed by atoms with Crippen LogP contribution in [0.3, 0.4) is 0 Å². The van der Waals surface area contributed by atoms with E-state index in [1.807, 2.05) is 36.4 Å². The average molecular weight is 215 g/mol. The van der Waals surface area contributed by atoms with Crippen molar-refractivity contribution >= 4 is 11.6 Å². The maximum atomic E-state index is 8.68. The molecule has 2 nitrogen and oxygen atoms in total. The molecular formula is C12H7ClN2. The molecule has 2 rings (SSSR count). The summed E-state index contributed by atoms with van der Waals surface area (Å²) < 4.78 is 0. The molecule has 3 heteroatoms. The van der Waals surface area contributed by atoms with Crippen molar-refractivity contribution in [2.24, 2.45) is 0 Å². The number of halogens is 1. The second-order valence-corrected chi connectivity index (χ2v) is 3.44. The van der Waals surface area contributed by atoms with Gasteiger partial charge in [0.05, 0.1) is 5.02 Å². The van der Waals surface area contributed by atoms with Gasteiger partial charge >= 0.3 is 0 Å². The number of benzene rings is 1. The number of hydrogen-bond acceptors (Lipinski definition) is 2. The number of pyridine rings is 1. The van der Waals surface area contributed by atoms with E-state index in [9.17, 15) is 0 Å². The Balaban J connectivity index is 2.49. The van der Waals surface area contributed by atoms with Crippen LogP contribution in [0.1, 0.15) is 5.69 Å². The molecule has 1 aromatic heterocycles. The molecule has 0 saturated carbocycles. The van der Waals surface area contributed by atoms with E-state index in [-0.39, 0.29) is 5.69 Å². The van der Waals surface area contributed by atoms with Gasteiger partial charge < -0.3 is 0 Å². The van der Waals surface area contributed by atoms with Crippen LogP contribution in [-0.2, 0) is 0 Å². The van der Waals surface area contributed by atoms with E-state index in [2.05, 4.69) is 4.98 Å². The summed E-state index contributed by atoms with van der Waals surface area (Å²) in [5.74, 6) is 0. The molecule has 0 unspecified atom stereocenters. The first-order valence-corrected chi connectivity index (χ1v) is 4.80. The lowest BCUT2D eigenvalue weighted by Crippen LogP contribution is -1.85. The molecule has 0 radical (unpaired) electrons. The molecule has 0 atom stereocenters. The van der Waals surface area contributed by atoms with Gasteiger partial charge in [0, 0.05) is 11.8 Å². The summed E-state index contributed by atoms with van der Waals surface area (Å²) in [6.45, 7) is 0. The summed E-state index contributed by atoms with van der Waals surface area (Å²) in [4.78, 5) is 3.98. The Labute approximate surface area is 92.8 Å². The summed E-state index contributed by atoms with van der Waals surface area (Å²) in [7, 11) is 0. The Hall–Kier alpha value is -1.85. The molecule has 0 aliphatic rings. The lowest BCUT2D eigenvalue weighted by Gasteiger charge is -2.01. The summed E-state index contributed by atoms with van der Waals surface area (Å²) in [6.07, 6.45) is 1.65. The molecule has 1 aromatic carbocycles. The number of hydrogen-bond donors (Lipinski definition) is 0. The van der Waals surface area contributed by atoms with Gasteiger partial charge in [-0.15, -0.1) is 0 Å². The van der Waals surface area contributed by atoms with Crippen molar-refractivity contribution in [1.82, 2.24) is 4.98 Å². The van der Waals surface area contributed by atoms with Crippen LogP contribution in [-0.4, -0.2) is 4.98 Å². The van der Waals surface area contributed by atoms with Crippen LogP contribution in [0, 0.1) is 11.3 Å². The maximum Gasteiger partial charge on any atom is 0.159 e. The topological polar surface area (TPSA) is 36.7 Å². The molecule has 15 heavy (non-hydrogen) atoms. The third kappa shape index (κ3) is 1.98. The normalized spacial score (nSPS) is 9.60. The number of nitriles is 1. The van der Waals surface area contributed by atoms with Crippen LogP contribution in [0.15, 0.2) is 42.6 Å². The molecule has 0 bridgehead atoms. The van der Waals surface area contributed by atoms with E-state index in [1.165, 1.54) is 0 Å². The summed E-state index contributed by atoms with van der Waals surface area (Å²) in [6, 6.07) is 13.5. The zero-order valence-corrected chi connectivity index (χ0v) is 8.57. The predicted octanol–water partition coefficient (Wildman–Crippen LogP) is 3.27. The number of aromatic nitrogens is 1. The third-order valence-corrected chi connectivity index (χ3v) is 2.34. The van der Waals surface area contributed by atoms with Crippen LogP contribution < -0.4 is 0 Å². The zero-order valence-electron chi connectivity index (χ0n) is 7.81. The smallest absolute Gasteiger partial charge is 0.159 e. The molecule has 72 valence electrons. The lowest BCUT2D eigenvalue weighted by atomic mass is 10.1. The maximum absolute atomic E-state index is 8.68. The highest BCUT2D eigenvalue weighted by atomic mass is 35.5. The highest BCUT2D eigenvalue weighted by Crippen LogP contribution is 2.23. The minimum absolute atomic E-state index is 0.261. The molecule has 1 heterocycles. The van der Waals surface area contributed by atoms with Crippen molar-refractivity contribution in [2.45, 2.75) is 0 Å². The third-order valence-electron chi connectivity index (χ3n) is 2.05. The van der Waals surface area contributed by atoms with Crippen molar-refractivity contribution in [3.63, 3.8) is 0 Å². The molecule has 0 N–H and O–H groups in total. The average Bonchev–Trinajstić information content (AvgIpc) is 2.30. The first-order chi connectivity index (χ1) is 7.31. The van der Waals surface area contributed by atoms with E-state index >= 15 is 0 Å². The van der Waals surface area contributed by atoms with Crippen molar-refractivity contribution < 1.29 is 0 Å². The molecule has 2 aromatic rings. The molecule has 0 saturated heterocycles. The van der Waals surface area contributed by atoms with E-state index in [0.717, 1.165) is 11.1 Å². The Bertz CT molecular complexity index is 515. The molecule has 0 aliphatic carbocycles. The van der Waals surface area contributed by atoms with Gasteiger partial charge in [0.25, 0.3) is 0 Å². The van der Waals surface area contributed by atoms with E-state index in [4.69, 9.17) is 16.9 Å². The van der Waals surface area contributed by atoms with Gasteiger partial charge in [-0.1, -0.05) is 41.9 Å². The standard InChI is InChI=1S/C12H7ClN2/c13-11-6-10(8-15-12(11)7-14)9-4-2-1-3-5-9/h1-6,8H. The molecule has 0 fully saturated rings. The molecule has 0 amide bonds. The molecule has 0 spiro atoms. The van der Waals surface area contributed by atoms with Gasteiger partial charge in [-0.2, -0.15) is 5.26 Å². The first kappa shape index (κ1) is 9.70. The molecular weight excluding hydrogens is 208 g/mol. The highest BCUT2D eigenvalue weighted by molar-refractivity contribution is 6.31. The van der Waals surface area contributed by atoms with Crippen LogP contribution in [0.25, 0.3) is 11.1 Å². The Kier molecular flexibility index (Phi) is 2.66. The van der Waals surface area contributed by atoms with Gasteiger partial charge in [0.2, 0.25) is 0 Å². The summed E-state index contributed by atoms with van der Waals surface area (Å²) >= 11 is 5.89. The zero-order chi connectivity index (χ0) is 10.7. The van der Waals surface area contributed by atoms with Gasteiger partial charge in [0.15, 0.2) is 5.69 Å². The van der Waals surface area contributed by atoms with Gasteiger partial charge in [-0.25, -0.2) is 4.98 Å². The first-order valence-electron chi connectivity index (χ1n) is 4.42.